The third-order valence-electron chi connectivity index (χ3n) is 5.71. The van der Waals surface area contributed by atoms with E-state index in [1.165, 1.54) is 12.1 Å². The lowest BCUT2D eigenvalue weighted by Crippen LogP contribution is -2.30. The molecule has 7 heteroatoms. The van der Waals surface area contributed by atoms with Gasteiger partial charge in [-0.05, 0) is 91.4 Å². The second-order valence-electron chi connectivity index (χ2n) is 7.71. The molecule has 2 aromatic heterocycles. The highest BCUT2D eigenvalue weighted by Gasteiger charge is 2.42. The van der Waals surface area contributed by atoms with Gasteiger partial charge in [0.15, 0.2) is 5.11 Å². The largest absolute Gasteiger partial charge is 0.351 e. The minimum atomic E-state index is -0.287. The van der Waals surface area contributed by atoms with Crippen molar-refractivity contribution in [2.45, 2.75) is 19.0 Å². The Morgan fingerprint density at radius 3 is 2.50 bits per heavy atom. The lowest BCUT2D eigenvalue weighted by atomic mass is 10.0. The maximum Gasteiger partial charge on any atom is 0.174 e. The Bertz CT molecular complexity index is 1270. The van der Waals surface area contributed by atoms with Crippen LogP contribution in [0.25, 0.3) is 5.69 Å². The van der Waals surface area contributed by atoms with Gasteiger partial charge < -0.3 is 14.8 Å². The van der Waals surface area contributed by atoms with Gasteiger partial charge in [0.2, 0.25) is 0 Å². The van der Waals surface area contributed by atoms with Crippen LogP contribution in [0.15, 0.2) is 85.2 Å². The summed E-state index contributed by atoms with van der Waals surface area (Å²) in [4.78, 5) is 6.62. The van der Waals surface area contributed by atoms with E-state index in [0.29, 0.717) is 5.11 Å². The van der Waals surface area contributed by atoms with E-state index in [1.54, 1.807) is 18.3 Å². The molecular formula is C25H20ClFN4S. The molecule has 0 spiro atoms. The second-order valence-corrected chi connectivity index (χ2v) is 8.50. The topological polar surface area (TPSA) is 33.1 Å². The molecule has 160 valence electrons. The number of aromatic nitrogens is 2. The molecule has 32 heavy (non-hydrogen) atoms. The van der Waals surface area contributed by atoms with E-state index in [2.05, 4.69) is 27.0 Å². The fourth-order valence-corrected chi connectivity index (χ4v) is 4.65. The fourth-order valence-electron chi connectivity index (χ4n) is 4.18. The van der Waals surface area contributed by atoms with Gasteiger partial charge in [0, 0.05) is 34.5 Å². The number of anilines is 1. The smallest absolute Gasteiger partial charge is 0.174 e. The first kappa shape index (κ1) is 20.7. The highest BCUT2D eigenvalue weighted by molar-refractivity contribution is 7.80. The van der Waals surface area contributed by atoms with Gasteiger partial charge in [-0.15, -0.1) is 0 Å². The number of pyridine rings is 1. The molecule has 0 aliphatic carbocycles. The number of nitrogens with zero attached hydrogens (tertiary/aromatic N) is 3. The number of nitrogens with one attached hydrogen (secondary N) is 1. The maximum absolute atomic E-state index is 13.6. The number of hydrogen-bond acceptors (Lipinski definition) is 2. The Morgan fingerprint density at radius 2 is 1.78 bits per heavy atom. The van der Waals surface area contributed by atoms with Crippen molar-refractivity contribution in [2.75, 3.05) is 4.90 Å². The summed E-state index contributed by atoms with van der Waals surface area (Å²) in [5.74, 6) is -0.287. The number of rotatable bonds is 4. The van der Waals surface area contributed by atoms with Crippen molar-refractivity contribution in [2.24, 2.45) is 0 Å². The summed E-state index contributed by atoms with van der Waals surface area (Å²) >= 11 is 12.0. The zero-order chi connectivity index (χ0) is 22.2. The maximum atomic E-state index is 13.6. The van der Waals surface area contributed by atoms with Gasteiger partial charge in [0.25, 0.3) is 0 Å². The molecule has 5 rings (SSSR count). The molecule has 2 aromatic carbocycles. The van der Waals surface area contributed by atoms with Crippen molar-refractivity contribution in [1.29, 1.82) is 0 Å². The Morgan fingerprint density at radius 1 is 1.00 bits per heavy atom. The second kappa shape index (κ2) is 8.37. The third kappa shape index (κ3) is 3.66. The van der Waals surface area contributed by atoms with Crippen LogP contribution in [0.1, 0.15) is 29.0 Å². The van der Waals surface area contributed by atoms with E-state index in [0.717, 1.165) is 33.3 Å². The van der Waals surface area contributed by atoms with Gasteiger partial charge in [0.1, 0.15) is 11.9 Å². The van der Waals surface area contributed by atoms with Crippen molar-refractivity contribution in [3.63, 3.8) is 0 Å². The molecule has 0 unspecified atom stereocenters. The quantitative estimate of drug-likeness (QED) is 0.369. The Labute approximate surface area is 196 Å². The molecule has 0 radical (unpaired) electrons. The number of aryl methyl sites for hydroxylation is 1. The number of halogens is 2. The highest BCUT2D eigenvalue weighted by Crippen LogP contribution is 2.42. The van der Waals surface area contributed by atoms with E-state index in [1.807, 2.05) is 54.4 Å². The Hall–Kier alpha value is -3.22. The van der Waals surface area contributed by atoms with Crippen molar-refractivity contribution < 1.29 is 4.39 Å². The van der Waals surface area contributed by atoms with Crippen molar-refractivity contribution in [3.05, 3.63) is 113 Å². The summed E-state index contributed by atoms with van der Waals surface area (Å²) in [5, 5.41) is 4.73. The van der Waals surface area contributed by atoms with Crippen LogP contribution in [0.4, 0.5) is 10.1 Å². The first-order chi connectivity index (χ1) is 15.5. The van der Waals surface area contributed by atoms with Crippen molar-refractivity contribution in [3.8, 4) is 5.69 Å². The number of hydrogen-bond donors (Lipinski definition) is 1. The zero-order valence-electron chi connectivity index (χ0n) is 17.2. The van der Waals surface area contributed by atoms with E-state index < -0.39 is 0 Å². The molecule has 1 aliphatic rings. The van der Waals surface area contributed by atoms with Gasteiger partial charge in [-0.3, -0.25) is 4.98 Å². The molecule has 1 fully saturated rings. The van der Waals surface area contributed by atoms with E-state index >= 15 is 0 Å². The molecule has 4 aromatic rings. The van der Waals surface area contributed by atoms with Crippen LogP contribution >= 0.6 is 23.8 Å². The van der Waals surface area contributed by atoms with Gasteiger partial charge in [0.05, 0.1) is 11.7 Å². The summed E-state index contributed by atoms with van der Waals surface area (Å²) in [6.45, 7) is 1.99. The number of thiocarbonyl (C=S) groups is 1. The van der Waals surface area contributed by atoms with E-state index in [9.17, 15) is 4.39 Å². The first-order valence-corrected chi connectivity index (χ1v) is 11.0. The van der Waals surface area contributed by atoms with Gasteiger partial charge in [-0.25, -0.2) is 4.39 Å². The molecule has 0 bridgehead atoms. The summed E-state index contributed by atoms with van der Waals surface area (Å²) in [6.07, 6.45) is 3.80. The molecule has 0 saturated carbocycles. The van der Waals surface area contributed by atoms with Crippen LogP contribution < -0.4 is 10.2 Å². The third-order valence-corrected chi connectivity index (χ3v) is 6.44. The average Bonchev–Trinajstić information content (AvgIpc) is 3.41. The van der Waals surface area contributed by atoms with E-state index in [4.69, 9.17) is 23.8 Å². The Balaban J connectivity index is 1.67. The lowest BCUT2D eigenvalue weighted by Gasteiger charge is -2.29. The SMILES string of the molecule is Cc1cc(-n2cccc2[C@@H]2[C@@H](c3ccccn3)NC(=S)N2c2ccc(F)cc2)ccc1Cl. The summed E-state index contributed by atoms with van der Waals surface area (Å²) in [6, 6.07) is 21.9. The molecule has 1 aliphatic heterocycles. The summed E-state index contributed by atoms with van der Waals surface area (Å²) in [7, 11) is 0. The minimum Gasteiger partial charge on any atom is -0.351 e. The summed E-state index contributed by atoms with van der Waals surface area (Å²) < 4.78 is 15.8. The predicted molar refractivity (Wildman–Crippen MR) is 130 cm³/mol. The molecule has 2 atom stereocenters. The molecular weight excluding hydrogens is 443 g/mol. The van der Waals surface area contributed by atoms with Crippen LogP contribution in [0.2, 0.25) is 5.02 Å². The van der Waals surface area contributed by atoms with Crippen LogP contribution in [-0.2, 0) is 0 Å². The molecule has 1 saturated heterocycles. The molecule has 4 nitrogen and oxygen atoms in total. The normalized spacial score (nSPS) is 18.1. The van der Waals surface area contributed by atoms with Gasteiger partial charge in [-0.1, -0.05) is 17.7 Å². The van der Waals surface area contributed by atoms with Crippen LogP contribution in [0.5, 0.6) is 0 Å². The first-order valence-electron chi connectivity index (χ1n) is 10.2. The highest BCUT2D eigenvalue weighted by atomic mass is 35.5. The monoisotopic (exact) mass is 462 g/mol. The Kier molecular flexibility index (Phi) is 5.41. The van der Waals surface area contributed by atoms with Crippen LogP contribution in [-0.4, -0.2) is 14.7 Å². The zero-order valence-corrected chi connectivity index (χ0v) is 18.8. The predicted octanol–water partition coefficient (Wildman–Crippen LogP) is 6.15. The van der Waals surface area contributed by atoms with E-state index in [-0.39, 0.29) is 17.9 Å². The number of benzene rings is 2. The molecule has 1 N–H and O–H groups in total. The molecule has 0 amide bonds. The van der Waals surface area contributed by atoms with Crippen molar-refractivity contribution in [1.82, 2.24) is 14.9 Å². The average molecular weight is 463 g/mol. The summed E-state index contributed by atoms with van der Waals surface area (Å²) in [5.41, 5.74) is 4.72. The lowest BCUT2D eigenvalue weighted by molar-refractivity contribution is 0.549. The fraction of sp³-hybridized carbons (Fsp3) is 0.120. The van der Waals surface area contributed by atoms with Crippen LogP contribution in [0.3, 0.4) is 0 Å². The minimum absolute atomic E-state index is 0.184. The van der Waals surface area contributed by atoms with Crippen LogP contribution in [0, 0.1) is 12.7 Å². The van der Waals surface area contributed by atoms with Gasteiger partial charge in [-0.2, -0.15) is 0 Å². The van der Waals surface area contributed by atoms with Crippen molar-refractivity contribution >= 4 is 34.6 Å². The van der Waals surface area contributed by atoms with Gasteiger partial charge >= 0.3 is 0 Å². The standard InChI is InChI=1S/C25H20ClFN4S/c1-16-15-19(11-12-20(16)26)30-14-4-6-22(30)24-23(21-5-2-3-13-28-21)29-25(32)31(24)18-9-7-17(27)8-10-18/h2-15,23-24H,1H3,(H,29,32)/t23-,24-/m1/s1. The molecule has 3 heterocycles.